The molecule has 0 spiro atoms. The molecule has 3 aliphatic rings. The summed E-state index contributed by atoms with van der Waals surface area (Å²) in [6.07, 6.45) is 2.64. The van der Waals surface area contributed by atoms with E-state index in [9.17, 15) is 0 Å². The molecule has 0 N–H and O–H groups in total. The number of halogens is 1. The second-order valence-corrected chi connectivity index (χ2v) is 8.06. The predicted molar refractivity (Wildman–Crippen MR) is 93.1 cm³/mol. The summed E-state index contributed by atoms with van der Waals surface area (Å²) in [5.74, 6) is 0.743. The van der Waals surface area contributed by atoms with E-state index in [1.54, 1.807) is 0 Å². The average Bonchev–Trinajstić information content (AvgIpc) is 2.89. The van der Waals surface area contributed by atoms with Gasteiger partial charge in [0.15, 0.2) is 5.17 Å². The molecule has 21 heavy (non-hydrogen) atoms. The lowest BCUT2D eigenvalue weighted by atomic mass is 10.1. The lowest BCUT2D eigenvalue weighted by molar-refractivity contribution is 0.646. The summed E-state index contributed by atoms with van der Waals surface area (Å²) in [6, 6.07) is 6.36. The first-order valence-electron chi connectivity index (χ1n) is 7.22. The highest BCUT2D eigenvalue weighted by Crippen LogP contribution is 2.53. The number of hydrogen-bond donors (Lipinski definition) is 0. The summed E-state index contributed by atoms with van der Waals surface area (Å²) < 4.78 is 1.35. The van der Waals surface area contributed by atoms with Crippen molar-refractivity contribution in [2.24, 2.45) is 10.9 Å². The average molecular weight is 333 g/mol. The zero-order valence-electron chi connectivity index (χ0n) is 11.3. The molecule has 0 unspecified atom stereocenters. The van der Waals surface area contributed by atoms with Crippen molar-refractivity contribution in [3.05, 3.63) is 39.1 Å². The number of aliphatic imine (C=N–C) groups is 1. The number of benzene rings is 1. The maximum Gasteiger partial charge on any atom is 0.168 e. The second-order valence-electron chi connectivity index (χ2n) is 5.70. The third-order valence-corrected chi connectivity index (χ3v) is 6.69. The van der Waals surface area contributed by atoms with Crippen LogP contribution in [0.1, 0.15) is 18.4 Å². The van der Waals surface area contributed by atoms with E-state index in [-0.39, 0.29) is 0 Å². The number of hydrogen-bond acceptors (Lipinski definition) is 4. The Kier molecular flexibility index (Phi) is 2.70. The van der Waals surface area contributed by atoms with Gasteiger partial charge in [-0.15, -0.1) is 11.3 Å². The molecule has 0 atom stereocenters. The summed E-state index contributed by atoms with van der Waals surface area (Å²) in [4.78, 5) is 8.58. The Morgan fingerprint density at radius 2 is 2.19 bits per heavy atom. The third-order valence-electron chi connectivity index (χ3n) is 4.23. The fourth-order valence-electron chi connectivity index (χ4n) is 3.12. The second kappa shape index (κ2) is 4.51. The number of allylic oxidation sites excluding steroid dienone is 1. The maximum absolute atomic E-state index is 6.37. The van der Waals surface area contributed by atoms with E-state index in [0.29, 0.717) is 0 Å². The Hall–Kier alpha value is -0.970. The zero-order valence-corrected chi connectivity index (χ0v) is 13.7. The van der Waals surface area contributed by atoms with E-state index >= 15 is 0 Å². The van der Waals surface area contributed by atoms with E-state index in [1.165, 1.54) is 44.3 Å². The van der Waals surface area contributed by atoms with Crippen LogP contribution in [0.2, 0.25) is 5.02 Å². The molecule has 0 amide bonds. The van der Waals surface area contributed by atoms with Gasteiger partial charge >= 0.3 is 0 Å². The van der Waals surface area contributed by atoms with Crippen LogP contribution in [-0.2, 0) is 0 Å². The summed E-state index contributed by atoms with van der Waals surface area (Å²) in [5.41, 5.74) is 2.68. The van der Waals surface area contributed by atoms with Crippen molar-refractivity contribution in [3.63, 3.8) is 0 Å². The molecular weight excluding hydrogens is 320 g/mol. The third kappa shape index (κ3) is 1.89. The van der Waals surface area contributed by atoms with Crippen LogP contribution in [0.25, 0.3) is 15.8 Å². The smallest absolute Gasteiger partial charge is 0.168 e. The fraction of sp³-hybridized carbons (Fsp3) is 0.312. The minimum Gasteiger partial charge on any atom is -0.318 e. The van der Waals surface area contributed by atoms with Gasteiger partial charge in [0, 0.05) is 26.7 Å². The topological polar surface area (TPSA) is 15.6 Å². The first kappa shape index (κ1) is 12.6. The fourth-order valence-corrected chi connectivity index (χ4v) is 5.61. The zero-order chi connectivity index (χ0) is 14.0. The van der Waals surface area contributed by atoms with Crippen molar-refractivity contribution in [2.75, 3.05) is 13.1 Å². The van der Waals surface area contributed by atoms with E-state index in [4.69, 9.17) is 11.6 Å². The van der Waals surface area contributed by atoms with Gasteiger partial charge in [0.1, 0.15) is 0 Å². The van der Waals surface area contributed by atoms with Gasteiger partial charge in [-0.2, -0.15) is 0 Å². The van der Waals surface area contributed by atoms with Crippen molar-refractivity contribution < 1.29 is 0 Å². The maximum atomic E-state index is 6.37. The quantitative estimate of drug-likeness (QED) is 0.764. The molecule has 0 bridgehead atoms. The van der Waals surface area contributed by atoms with Gasteiger partial charge in [0.25, 0.3) is 0 Å². The normalized spacial score (nSPS) is 21.4. The molecule has 1 aromatic heterocycles. The van der Waals surface area contributed by atoms with Gasteiger partial charge in [0.05, 0.1) is 12.2 Å². The monoisotopic (exact) mass is 332 g/mol. The Labute approximate surface area is 136 Å². The Morgan fingerprint density at radius 1 is 1.29 bits per heavy atom. The van der Waals surface area contributed by atoms with Gasteiger partial charge < -0.3 is 4.90 Å². The largest absolute Gasteiger partial charge is 0.318 e. The van der Waals surface area contributed by atoms with Crippen LogP contribution in [0, 0.1) is 5.92 Å². The first-order valence-corrected chi connectivity index (χ1v) is 9.30. The van der Waals surface area contributed by atoms with Crippen molar-refractivity contribution in [3.8, 4) is 0 Å². The molecule has 5 heteroatoms. The predicted octanol–water partition coefficient (Wildman–Crippen LogP) is 5.05. The van der Waals surface area contributed by atoms with Crippen LogP contribution in [0.5, 0.6) is 0 Å². The molecular formula is C16H13ClN2S2. The molecule has 1 fully saturated rings. The molecule has 3 heterocycles. The molecule has 2 aromatic rings. The number of nitrogens with zero attached hydrogens (tertiary/aromatic N) is 2. The summed E-state index contributed by atoms with van der Waals surface area (Å²) in [6.45, 7) is 1.92. The Balaban J connectivity index is 1.78. The lowest BCUT2D eigenvalue weighted by Crippen LogP contribution is -2.20. The number of amidine groups is 1. The molecule has 1 aliphatic carbocycles. The Morgan fingerprint density at radius 3 is 3.05 bits per heavy atom. The van der Waals surface area contributed by atoms with Gasteiger partial charge in [-0.1, -0.05) is 23.4 Å². The highest BCUT2D eigenvalue weighted by molar-refractivity contribution is 8.17. The van der Waals surface area contributed by atoms with Crippen LogP contribution in [0.15, 0.2) is 33.5 Å². The van der Waals surface area contributed by atoms with Crippen molar-refractivity contribution in [2.45, 2.75) is 12.8 Å². The standard InChI is InChI=1S/C16H13ClN2S2/c17-11-7-10-3-6-20-14(10)12(8-11)13-15(9-1-2-9)21-16-18-4-5-19(13)16/h3,6-9H,1-2,4-5H2. The lowest BCUT2D eigenvalue weighted by Gasteiger charge is -2.18. The van der Waals surface area contributed by atoms with Gasteiger partial charge in [-0.25, -0.2) is 0 Å². The Bertz CT molecular complexity index is 817. The van der Waals surface area contributed by atoms with Gasteiger partial charge in [-0.05, 0) is 47.7 Å². The molecule has 2 nitrogen and oxygen atoms in total. The molecule has 0 saturated heterocycles. The van der Waals surface area contributed by atoms with Crippen LogP contribution < -0.4 is 0 Å². The first-order chi connectivity index (χ1) is 10.3. The van der Waals surface area contributed by atoms with Crippen molar-refractivity contribution in [1.82, 2.24) is 4.90 Å². The van der Waals surface area contributed by atoms with Crippen LogP contribution in [0.3, 0.4) is 0 Å². The molecule has 2 aliphatic heterocycles. The van der Waals surface area contributed by atoms with Crippen LogP contribution in [0.4, 0.5) is 0 Å². The van der Waals surface area contributed by atoms with Crippen LogP contribution in [-0.4, -0.2) is 23.2 Å². The van der Waals surface area contributed by atoms with Crippen molar-refractivity contribution in [1.29, 1.82) is 0 Å². The molecule has 0 radical (unpaired) electrons. The molecule has 1 aromatic carbocycles. The minimum absolute atomic E-state index is 0.743. The molecule has 106 valence electrons. The SMILES string of the molecule is Clc1cc(C2=C(C3CC3)SC3=NCCN32)c2sccc2c1. The number of thioether (sulfide) groups is 1. The molecule has 5 rings (SSSR count). The van der Waals surface area contributed by atoms with Crippen molar-refractivity contribution >= 4 is 55.7 Å². The van der Waals surface area contributed by atoms with E-state index in [1.807, 2.05) is 23.1 Å². The summed E-state index contributed by atoms with van der Waals surface area (Å²) in [7, 11) is 0. The highest BCUT2D eigenvalue weighted by Gasteiger charge is 2.40. The van der Waals surface area contributed by atoms with Crippen LogP contribution >= 0.6 is 34.7 Å². The van der Waals surface area contributed by atoms with E-state index < -0.39 is 0 Å². The minimum atomic E-state index is 0.743. The van der Waals surface area contributed by atoms with E-state index in [0.717, 1.165) is 24.0 Å². The number of rotatable bonds is 2. The highest BCUT2D eigenvalue weighted by atomic mass is 35.5. The summed E-state index contributed by atoms with van der Waals surface area (Å²) >= 11 is 10.1. The number of fused-ring (bicyclic) bond motifs is 2. The molecule has 1 saturated carbocycles. The van der Waals surface area contributed by atoms with E-state index in [2.05, 4.69) is 33.5 Å². The summed E-state index contributed by atoms with van der Waals surface area (Å²) in [5, 5.41) is 5.42. The van der Waals surface area contributed by atoms with Gasteiger partial charge in [0.2, 0.25) is 0 Å². The number of thiophene rings is 1. The van der Waals surface area contributed by atoms with Gasteiger partial charge in [-0.3, -0.25) is 4.99 Å².